The molecule has 0 fully saturated rings. The number of phosphoric acid groups is 1. The Morgan fingerprint density at radius 1 is 0.786 bits per heavy atom. The fourth-order valence-corrected chi connectivity index (χ4v) is 2.64. The Bertz CT molecular complexity index is 419. The second kappa shape index (κ2) is 21.2. The molecule has 0 atom stereocenters. The molecule has 168 valence electrons. The van der Waals surface area contributed by atoms with E-state index in [1.165, 1.54) is 82.0 Å². The van der Waals surface area contributed by atoms with Gasteiger partial charge in [0.15, 0.2) is 0 Å². The van der Waals surface area contributed by atoms with Crippen LogP contribution in [-0.2, 0) is 15.0 Å². The average molecular weight is 460 g/mol. The first kappa shape index (κ1) is 36.3. The van der Waals surface area contributed by atoms with Crippen LogP contribution in [0.2, 0.25) is 0 Å². The normalized spacial score (nSPS) is 11.5. The summed E-state index contributed by atoms with van der Waals surface area (Å²) in [6.07, 6.45) is 11.1. The van der Waals surface area contributed by atoms with Crippen molar-refractivity contribution in [1.29, 1.82) is 0 Å². The summed E-state index contributed by atoms with van der Waals surface area (Å²) in [5, 5.41) is 0. The number of hydrogen-bond acceptors (Lipinski definition) is 5. The smallest absolute Gasteiger partial charge is 0.756 e. The van der Waals surface area contributed by atoms with Gasteiger partial charge in [-0.3, -0.25) is 9.12 Å². The summed E-state index contributed by atoms with van der Waals surface area (Å²) in [6.45, 7) is 15.0. The van der Waals surface area contributed by atoms with Gasteiger partial charge in [-0.05, 0) is 25.7 Å². The first-order valence-electron chi connectivity index (χ1n) is 9.54. The predicted molar refractivity (Wildman–Crippen MR) is 104 cm³/mol. The summed E-state index contributed by atoms with van der Waals surface area (Å²) in [7, 11) is -9.81. The van der Waals surface area contributed by atoms with Crippen LogP contribution in [0.15, 0.2) is 0 Å². The molecular weight excluding hydrogens is 420 g/mol. The van der Waals surface area contributed by atoms with Gasteiger partial charge < -0.3 is 23.7 Å². The Labute approximate surface area is 193 Å². The van der Waals surface area contributed by atoms with Crippen molar-refractivity contribution in [2.24, 2.45) is 0 Å². The molecule has 0 heterocycles. The summed E-state index contributed by atoms with van der Waals surface area (Å²) in [4.78, 5) is 22.9. The molecule has 0 aliphatic rings. The molecule has 0 aromatic rings. The van der Waals surface area contributed by atoms with Crippen LogP contribution in [0.25, 0.3) is 0 Å². The van der Waals surface area contributed by atoms with Gasteiger partial charge >= 0.3 is 29.6 Å². The quantitative estimate of drug-likeness (QED) is 0.115. The van der Waals surface area contributed by atoms with E-state index in [0.29, 0.717) is 0 Å². The molecule has 3 N–H and O–H groups in total. The summed E-state index contributed by atoms with van der Waals surface area (Å²) >= 11 is 0. The van der Waals surface area contributed by atoms with Gasteiger partial charge in [-0.2, -0.15) is 0 Å². The third kappa shape index (κ3) is 41.3. The fraction of sp³-hybridized carbons (Fsp3) is 1.00. The Kier molecular flexibility index (Phi) is 27.5. The number of rotatable bonds is 12. The monoisotopic (exact) mass is 459 g/mol. The van der Waals surface area contributed by atoms with Crippen molar-refractivity contribution in [3.8, 4) is 0 Å². The van der Waals surface area contributed by atoms with Crippen LogP contribution in [0, 0.1) is 0 Å². The average Bonchev–Trinajstić information content (AvgIpc) is 2.50. The molecule has 0 saturated carbocycles. The molecule has 28 heavy (non-hydrogen) atoms. The third-order valence-electron chi connectivity index (χ3n) is 3.94. The van der Waals surface area contributed by atoms with Crippen LogP contribution in [0.3, 0.4) is 0 Å². The van der Waals surface area contributed by atoms with Gasteiger partial charge in [-0.15, -0.1) is 0 Å². The second-order valence-electron chi connectivity index (χ2n) is 6.57. The molecule has 0 spiro atoms. The zero-order valence-corrected chi connectivity index (χ0v) is 21.9. The van der Waals surface area contributed by atoms with E-state index in [9.17, 15) is 0 Å². The second-order valence-corrected chi connectivity index (χ2v) is 8.41. The van der Waals surface area contributed by atoms with Gasteiger partial charge in [0, 0.05) is 0 Å². The summed E-state index contributed by atoms with van der Waals surface area (Å²) < 4.78 is 43.0. The zero-order chi connectivity index (χ0) is 22.0. The van der Waals surface area contributed by atoms with E-state index in [0.717, 1.165) is 0 Å². The van der Waals surface area contributed by atoms with Gasteiger partial charge in [0.05, 0.1) is 26.2 Å². The van der Waals surface area contributed by atoms with Crippen molar-refractivity contribution in [2.75, 3.05) is 26.2 Å². The first-order chi connectivity index (χ1) is 12.2. The van der Waals surface area contributed by atoms with E-state index in [4.69, 9.17) is 36.8 Å². The standard InChI is InChI=1S/C16H36N.Na.H3O4P.H2O4S/c1-5-9-13-17(14-10-6-2,15-11-7-3)16-12-8-4;;2*1-5(2,3)4/h5-16H2,1-4H3;;(H3,1,2,3,4);(H2,1,2,3,4)/q2*+1;;/p-2. The van der Waals surface area contributed by atoms with Crippen LogP contribution in [0.4, 0.5) is 0 Å². The van der Waals surface area contributed by atoms with E-state index >= 15 is 0 Å². The van der Waals surface area contributed by atoms with E-state index in [2.05, 4.69) is 27.7 Å². The minimum Gasteiger partial charge on any atom is -0.756 e. The molecule has 12 heteroatoms. The van der Waals surface area contributed by atoms with E-state index in [1.54, 1.807) is 0 Å². The van der Waals surface area contributed by atoms with Crippen LogP contribution >= 0.6 is 7.82 Å². The van der Waals surface area contributed by atoms with Gasteiger partial charge in [0.25, 0.3) is 7.82 Å². The minimum absolute atomic E-state index is 0. The molecule has 0 aromatic carbocycles. The predicted octanol–water partition coefficient (Wildman–Crippen LogP) is -0.548. The van der Waals surface area contributed by atoms with Gasteiger partial charge in [0.1, 0.15) is 0 Å². The SMILES string of the molecule is CCCC[N+](CCCC)(CCCC)CCCC.O=P([O-])(O)O.O=S(=O)([O-])O.[Na+]. The van der Waals surface area contributed by atoms with Crippen molar-refractivity contribution in [3.63, 3.8) is 0 Å². The maximum Gasteiger partial charge on any atom is 1.00 e. The van der Waals surface area contributed by atoms with Crippen molar-refractivity contribution < 1.29 is 70.8 Å². The Morgan fingerprint density at radius 2 is 0.929 bits per heavy atom. The molecule has 0 amide bonds. The van der Waals surface area contributed by atoms with E-state index in [-0.39, 0.29) is 29.6 Å². The van der Waals surface area contributed by atoms with Crippen molar-refractivity contribution >= 4 is 18.2 Å². The molecule has 0 aromatic heterocycles. The van der Waals surface area contributed by atoms with Crippen LogP contribution < -0.4 is 34.5 Å². The molecule has 0 bridgehead atoms. The summed E-state index contributed by atoms with van der Waals surface area (Å²) in [5.41, 5.74) is 0. The maximum absolute atomic E-state index is 8.77. The van der Waals surface area contributed by atoms with Gasteiger partial charge in [-0.1, -0.05) is 53.4 Å². The molecule has 0 saturated heterocycles. The molecule has 0 rings (SSSR count). The zero-order valence-electron chi connectivity index (χ0n) is 18.2. The van der Waals surface area contributed by atoms with Crippen molar-refractivity contribution in [2.45, 2.75) is 79.1 Å². The molecule has 0 aliphatic carbocycles. The van der Waals surface area contributed by atoms with Crippen molar-refractivity contribution in [1.82, 2.24) is 0 Å². The fourth-order valence-electron chi connectivity index (χ4n) is 2.64. The number of quaternary nitrogens is 1. The summed E-state index contributed by atoms with van der Waals surface area (Å²) in [5.74, 6) is 0. The Balaban J connectivity index is -0.000000216. The molecule has 9 nitrogen and oxygen atoms in total. The largest absolute Gasteiger partial charge is 1.00 e. The topological polar surface area (TPSA) is 158 Å². The Morgan fingerprint density at radius 3 is 1.04 bits per heavy atom. The number of unbranched alkanes of at least 4 members (excludes halogenated alkanes) is 4. The van der Waals surface area contributed by atoms with E-state index in [1.807, 2.05) is 0 Å². The van der Waals surface area contributed by atoms with Gasteiger partial charge in [-0.25, -0.2) is 8.42 Å². The third-order valence-corrected chi connectivity index (χ3v) is 3.94. The summed E-state index contributed by atoms with van der Waals surface area (Å²) in [6, 6.07) is 0. The molecular formula is C16H39NNaO8PS. The minimum atomic E-state index is -4.92. The van der Waals surface area contributed by atoms with Crippen molar-refractivity contribution in [3.05, 3.63) is 0 Å². The van der Waals surface area contributed by atoms with Crippen LogP contribution in [0.1, 0.15) is 79.1 Å². The van der Waals surface area contributed by atoms with Crippen LogP contribution in [-0.4, -0.2) is 58.0 Å². The van der Waals surface area contributed by atoms with Gasteiger partial charge in [0.2, 0.25) is 10.4 Å². The maximum atomic E-state index is 8.77. The Hall–Kier alpha value is 0.940. The van der Waals surface area contributed by atoms with Crippen LogP contribution in [0.5, 0.6) is 0 Å². The number of nitrogens with zero attached hydrogens (tertiary/aromatic N) is 1. The molecule has 0 radical (unpaired) electrons. The molecule has 0 unspecified atom stereocenters. The number of hydrogen-bond donors (Lipinski definition) is 3. The van der Waals surface area contributed by atoms with E-state index < -0.39 is 18.2 Å². The first-order valence-corrected chi connectivity index (χ1v) is 12.4. The molecule has 0 aliphatic heterocycles.